The number of carboxylic acid groups (broad SMARTS) is 1. The van der Waals surface area contributed by atoms with Crippen LogP contribution in [0.25, 0.3) is 0 Å². The first-order valence-electron chi connectivity index (χ1n) is 9.98. The maximum Gasteiger partial charge on any atom is 0.417 e. The molecule has 0 bridgehead atoms. The first kappa shape index (κ1) is 24.4. The van der Waals surface area contributed by atoms with E-state index in [1.807, 2.05) is 4.90 Å². The standard InChI is InChI=1S/C21H22BrF3N2O4S/c1-2-13-6-7-14(20(28)29)10-19(13)32(30,31)26-17-11-15(21(23,24)25)16(22)12-18(17)27-8-4-3-5-9-27/h6-7,10-12,26H,2-5,8-9H2,1H3,(H,28,29). The molecule has 2 N–H and O–H groups in total. The number of nitrogens with zero attached hydrogens (tertiary/aromatic N) is 1. The molecule has 3 rings (SSSR count). The third-order valence-corrected chi connectivity index (χ3v) is 7.42. The normalized spacial score (nSPS) is 15.0. The Bertz CT molecular complexity index is 1130. The van der Waals surface area contributed by atoms with E-state index in [9.17, 15) is 31.5 Å². The Hall–Kier alpha value is -2.27. The van der Waals surface area contributed by atoms with Crippen molar-refractivity contribution >= 4 is 43.3 Å². The molecule has 0 unspecified atom stereocenters. The number of alkyl halides is 3. The number of rotatable bonds is 6. The average Bonchev–Trinajstić information content (AvgIpc) is 2.73. The van der Waals surface area contributed by atoms with Crippen LogP contribution in [0.1, 0.15) is 47.7 Å². The lowest BCUT2D eigenvalue weighted by molar-refractivity contribution is -0.138. The molecule has 0 atom stereocenters. The highest BCUT2D eigenvalue weighted by molar-refractivity contribution is 9.10. The predicted molar refractivity (Wildman–Crippen MR) is 119 cm³/mol. The Morgan fingerprint density at radius 3 is 2.38 bits per heavy atom. The quantitative estimate of drug-likeness (QED) is 0.509. The summed E-state index contributed by atoms with van der Waals surface area (Å²) in [6.45, 7) is 2.87. The maximum atomic E-state index is 13.5. The summed E-state index contributed by atoms with van der Waals surface area (Å²) in [5.74, 6) is -1.30. The fourth-order valence-corrected chi connectivity index (χ4v) is 5.65. The number of aromatic carboxylic acids is 1. The van der Waals surface area contributed by atoms with Crippen molar-refractivity contribution in [2.75, 3.05) is 22.7 Å². The number of carboxylic acids is 1. The van der Waals surface area contributed by atoms with Crippen LogP contribution >= 0.6 is 15.9 Å². The molecule has 11 heteroatoms. The number of anilines is 2. The van der Waals surface area contributed by atoms with Crippen LogP contribution in [0.2, 0.25) is 0 Å². The molecule has 1 aliphatic heterocycles. The van der Waals surface area contributed by atoms with Crippen LogP contribution in [-0.4, -0.2) is 32.6 Å². The fraction of sp³-hybridized carbons (Fsp3) is 0.381. The van der Waals surface area contributed by atoms with Crippen LogP contribution in [0.15, 0.2) is 39.7 Å². The summed E-state index contributed by atoms with van der Waals surface area (Å²) in [6.07, 6.45) is -1.74. The number of halogens is 4. The first-order chi connectivity index (χ1) is 14.9. The van der Waals surface area contributed by atoms with Crippen LogP contribution in [0.3, 0.4) is 0 Å². The van der Waals surface area contributed by atoms with Gasteiger partial charge in [-0.05, 0) is 55.5 Å². The van der Waals surface area contributed by atoms with Gasteiger partial charge in [-0.3, -0.25) is 4.72 Å². The monoisotopic (exact) mass is 534 g/mol. The Kier molecular flexibility index (Phi) is 7.09. The molecule has 174 valence electrons. The molecule has 0 spiro atoms. The summed E-state index contributed by atoms with van der Waals surface area (Å²) >= 11 is 2.97. The Balaban J connectivity index is 2.14. The van der Waals surface area contributed by atoms with E-state index in [2.05, 4.69) is 20.7 Å². The zero-order chi connectivity index (χ0) is 23.7. The van der Waals surface area contributed by atoms with E-state index >= 15 is 0 Å². The van der Waals surface area contributed by atoms with E-state index in [1.54, 1.807) is 6.92 Å². The summed E-state index contributed by atoms with van der Waals surface area (Å²) < 4.78 is 69.2. The van der Waals surface area contributed by atoms with Crippen LogP contribution in [-0.2, 0) is 22.6 Å². The number of aryl methyl sites for hydroxylation is 1. The molecular weight excluding hydrogens is 513 g/mol. The zero-order valence-corrected chi connectivity index (χ0v) is 19.6. The molecule has 2 aromatic carbocycles. The molecule has 0 radical (unpaired) electrons. The van der Waals surface area contributed by atoms with Gasteiger partial charge in [0.2, 0.25) is 0 Å². The van der Waals surface area contributed by atoms with E-state index in [-0.39, 0.29) is 20.6 Å². The fourth-order valence-electron chi connectivity index (χ4n) is 3.69. The second-order valence-electron chi connectivity index (χ2n) is 7.48. The lowest BCUT2D eigenvalue weighted by Gasteiger charge is -2.31. The molecule has 1 heterocycles. The molecule has 6 nitrogen and oxygen atoms in total. The SMILES string of the molecule is CCc1ccc(C(=O)O)cc1S(=O)(=O)Nc1cc(C(F)(F)F)c(Br)cc1N1CCCCC1. The smallest absolute Gasteiger partial charge is 0.417 e. The molecule has 32 heavy (non-hydrogen) atoms. The van der Waals surface area contributed by atoms with Crippen LogP contribution < -0.4 is 9.62 Å². The summed E-state index contributed by atoms with van der Waals surface area (Å²) in [4.78, 5) is 12.9. The highest BCUT2D eigenvalue weighted by Crippen LogP contribution is 2.42. The van der Waals surface area contributed by atoms with Crippen LogP contribution in [0.5, 0.6) is 0 Å². The Morgan fingerprint density at radius 1 is 1.16 bits per heavy atom. The maximum absolute atomic E-state index is 13.5. The minimum atomic E-state index is -4.70. The topological polar surface area (TPSA) is 86.7 Å². The van der Waals surface area contributed by atoms with E-state index in [0.717, 1.165) is 31.4 Å². The van der Waals surface area contributed by atoms with Gasteiger partial charge in [0.15, 0.2) is 0 Å². The largest absolute Gasteiger partial charge is 0.478 e. The first-order valence-corrected chi connectivity index (χ1v) is 12.3. The minimum Gasteiger partial charge on any atom is -0.478 e. The number of carbonyl (C=O) groups is 1. The minimum absolute atomic E-state index is 0.185. The second kappa shape index (κ2) is 9.30. The van der Waals surface area contributed by atoms with Gasteiger partial charge in [0, 0.05) is 17.6 Å². The molecule has 0 saturated carbocycles. The third-order valence-electron chi connectivity index (χ3n) is 5.32. The van der Waals surface area contributed by atoms with Gasteiger partial charge in [-0.25, -0.2) is 13.2 Å². The van der Waals surface area contributed by atoms with Crippen molar-refractivity contribution in [1.82, 2.24) is 0 Å². The zero-order valence-electron chi connectivity index (χ0n) is 17.2. The lowest BCUT2D eigenvalue weighted by atomic mass is 10.1. The van der Waals surface area contributed by atoms with E-state index < -0.39 is 27.7 Å². The molecule has 0 aliphatic carbocycles. The van der Waals surface area contributed by atoms with Gasteiger partial charge in [0.1, 0.15) is 0 Å². The van der Waals surface area contributed by atoms with Gasteiger partial charge < -0.3 is 10.0 Å². The van der Waals surface area contributed by atoms with E-state index in [1.165, 1.54) is 18.2 Å². The number of sulfonamides is 1. The van der Waals surface area contributed by atoms with Crippen molar-refractivity contribution in [3.63, 3.8) is 0 Å². The van der Waals surface area contributed by atoms with Gasteiger partial charge in [0.25, 0.3) is 10.0 Å². The van der Waals surface area contributed by atoms with Gasteiger partial charge in [-0.15, -0.1) is 0 Å². The van der Waals surface area contributed by atoms with E-state index in [0.29, 0.717) is 30.8 Å². The van der Waals surface area contributed by atoms with Crippen molar-refractivity contribution in [2.45, 2.75) is 43.7 Å². The molecule has 1 fully saturated rings. The van der Waals surface area contributed by atoms with Crippen molar-refractivity contribution in [3.8, 4) is 0 Å². The number of nitrogens with one attached hydrogen (secondary N) is 1. The van der Waals surface area contributed by atoms with Gasteiger partial charge in [0.05, 0.1) is 27.4 Å². The Morgan fingerprint density at radius 2 is 1.81 bits per heavy atom. The van der Waals surface area contributed by atoms with Gasteiger partial charge >= 0.3 is 12.1 Å². The second-order valence-corrected chi connectivity index (χ2v) is 9.99. The summed E-state index contributed by atoms with van der Waals surface area (Å²) in [5, 5.41) is 9.25. The van der Waals surface area contributed by atoms with Crippen molar-refractivity contribution < 1.29 is 31.5 Å². The van der Waals surface area contributed by atoms with Gasteiger partial charge in [-0.2, -0.15) is 13.2 Å². The third kappa shape index (κ3) is 5.20. The molecule has 2 aromatic rings. The average molecular weight is 535 g/mol. The Labute approximate surface area is 192 Å². The predicted octanol–water partition coefficient (Wildman–Crippen LogP) is 5.52. The highest BCUT2D eigenvalue weighted by atomic mass is 79.9. The van der Waals surface area contributed by atoms with Crippen molar-refractivity contribution in [1.29, 1.82) is 0 Å². The summed E-state index contributed by atoms with van der Waals surface area (Å²) in [5.41, 5.74) is -0.752. The number of hydrogen-bond acceptors (Lipinski definition) is 4. The van der Waals surface area contributed by atoms with E-state index in [4.69, 9.17) is 0 Å². The highest BCUT2D eigenvalue weighted by Gasteiger charge is 2.35. The number of benzene rings is 2. The number of piperidine rings is 1. The molecule has 0 amide bonds. The van der Waals surface area contributed by atoms with Crippen LogP contribution in [0.4, 0.5) is 24.5 Å². The number of hydrogen-bond donors (Lipinski definition) is 2. The molecule has 1 saturated heterocycles. The molecule has 0 aromatic heterocycles. The van der Waals surface area contributed by atoms with Gasteiger partial charge in [-0.1, -0.05) is 28.9 Å². The summed E-state index contributed by atoms with van der Waals surface area (Å²) in [6, 6.07) is 5.76. The molecular formula is C21H22BrF3N2O4S. The van der Waals surface area contributed by atoms with Crippen molar-refractivity contribution in [2.24, 2.45) is 0 Å². The summed E-state index contributed by atoms with van der Waals surface area (Å²) in [7, 11) is -4.37. The van der Waals surface area contributed by atoms with Crippen LogP contribution in [0, 0.1) is 0 Å². The molecule has 1 aliphatic rings. The van der Waals surface area contributed by atoms with Crippen molar-refractivity contribution in [3.05, 3.63) is 51.5 Å². The lowest BCUT2D eigenvalue weighted by Crippen LogP contribution is -2.31.